The normalized spacial score (nSPS) is 14.3. The van der Waals surface area contributed by atoms with Crippen LogP contribution in [0.5, 0.6) is 5.75 Å². The summed E-state index contributed by atoms with van der Waals surface area (Å²) in [6.45, 7) is 1.24. The summed E-state index contributed by atoms with van der Waals surface area (Å²) in [5.74, 6) is 0.472. The lowest BCUT2D eigenvalue weighted by atomic mass is 10.0. The minimum absolute atomic E-state index is 0.0259. The molecule has 5 rings (SSSR count). The molecule has 0 saturated carbocycles. The zero-order valence-electron chi connectivity index (χ0n) is 18.6. The van der Waals surface area contributed by atoms with E-state index in [9.17, 15) is 18.9 Å². The van der Waals surface area contributed by atoms with Gasteiger partial charge < -0.3 is 9.47 Å². The van der Waals surface area contributed by atoms with Crippen molar-refractivity contribution in [1.29, 1.82) is 10.5 Å². The number of nitrogens with zero attached hydrogens (tertiary/aromatic N) is 4. The molecule has 0 spiro atoms. The maximum absolute atomic E-state index is 13.4. The van der Waals surface area contributed by atoms with Crippen molar-refractivity contribution in [3.63, 3.8) is 0 Å². The van der Waals surface area contributed by atoms with Crippen molar-refractivity contribution < 1.29 is 17.9 Å². The summed E-state index contributed by atoms with van der Waals surface area (Å²) in [7, 11) is -3.95. The molecule has 9 heteroatoms. The van der Waals surface area contributed by atoms with E-state index in [4.69, 9.17) is 9.47 Å². The summed E-state index contributed by atoms with van der Waals surface area (Å²) >= 11 is 0. The van der Waals surface area contributed by atoms with E-state index in [2.05, 4.69) is 17.1 Å². The number of hydrogen-bond donors (Lipinski definition) is 0. The Hall–Kier alpha value is -4.18. The lowest BCUT2D eigenvalue weighted by Crippen LogP contribution is -2.26. The van der Waals surface area contributed by atoms with Gasteiger partial charge in [0, 0.05) is 36.2 Å². The molecular formula is C26H20N4O4S. The minimum Gasteiger partial charge on any atom is -0.489 e. The van der Waals surface area contributed by atoms with Crippen LogP contribution in [0.3, 0.4) is 0 Å². The molecule has 35 heavy (non-hydrogen) atoms. The minimum atomic E-state index is -3.95. The van der Waals surface area contributed by atoms with Crippen LogP contribution in [-0.4, -0.2) is 36.7 Å². The highest BCUT2D eigenvalue weighted by atomic mass is 32.2. The number of fused-ring (bicyclic) bond motifs is 1. The lowest BCUT2D eigenvalue weighted by molar-refractivity contribution is 0.0254. The number of pyridine rings is 1. The quantitative estimate of drug-likeness (QED) is 0.416. The van der Waals surface area contributed by atoms with Gasteiger partial charge in [-0.15, -0.1) is 0 Å². The summed E-state index contributed by atoms with van der Waals surface area (Å²) in [4.78, 5) is 4.41. The van der Waals surface area contributed by atoms with E-state index in [0.29, 0.717) is 46.6 Å². The Morgan fingerprint density at radius 1 is 1.03 bits per heavy atom. The molecule has 4 aromatic rings. The largest absolute Gasteiger partial charge is 0.489 e. The first-order valence-corrected chi connectivity index (χ1v) is 12.5. The Kier molecular flexibility index (Phi) is 5.96. The van der Waals surface area contributed by atoms with Crippen LogP contribution in [0.1, 0.15) is 24.0 Å². The third-order valence-electron chi connectivity index (χ3n) is 5.91. The molecule has 2 aromatic carbocycles. The molecule has 1 aliphatic heterocycles. The third kappa shape index (κ3) is 4.24. The molecule has 0 unspecified atom stereocenters. The molecule has 1 aliphatic rings. The fraction of sp³-hybridized carbons (Fsp3) is 0.192. The van der Waals surface area contributed by atoms with Crippen LogP contribution < -0.4 is 4.74 Å². The summed E-state index contributed by atoms with van der Waals surface area (Å²) in [5.41, 5.74) is 1.99. The second kappa shape index (κ2) is 9.22. The molecule has 1 saturated heterocycles. The second-order valence-electron chi connectivity index (χ2n) is 8.12. The maximum Gasteiger partial charge on any atom is 0.269 e. The van der Waals surface area contributed by atoms with Crippen molar-refractivity contribution in [1.82, 2.24) is 8.96 Å². The van der Waals surface area contributed by atoms with Crippen LogP contribution in [0, 0.1) is 22.7 Å². The van der Waals surface area contributed by atoms with Crippen LogP contribution in [0.4, 0.5) is 0 Å². The highest BCUT2D eigenvalue weighted by Crippen LogP contribution is 2.35. The van der Waals surface area contributed by atoms with Gasteiger partial charge in [-0.2, -0.15) is 10.5 Å². The lowest BCUT2D eigenvalue weighted by Gasteiger charge is -2.23. The molecule has 3 heterocycles. The first-order chi connectivity index (χ1) is 17.0. The summed E-state index contributed by atoms with van der Waals surface area (Å²) in [5, 5.41) is 19.7. The van der Waals surface area contributed by atoms with Crippen molar-refractivity contribution in [3.05, 3.63) is 78.1 Å². The number of hydrogen-bond acceptors (Lipinski definition) is 7. The summed E-state index contributed by atoms with van der Waals surface area (Å²) < 4.78 is 39.4. The standard InChI is InChI=1S/C26H20N4O4S/c27-14-18-12-23-24(17-30(26(23)29-16-18)35(31,32)22-4-2-1-3-5-22)19-6-7-25(20(13-19)15-28)34-21-8-10-33-11-9-21/h1-7,12-13,16-17,21H,8-11H2. The molecule has 0 aliphatic carbocycles. The van der Waals surface area contributed by atoms with Crippen molar-refractivity contribution in [2.45, 2.75) is 23.8 Å². The van der Waals surface area contributed by atoms with Crippen LogP contribution in [0.2, 0.25) is 0 Å². The topological polar surface area (TPSA) is 118 Å². The third-order valence-corrected chi connectivity index (χ3v) is 7.58. The number of aromatic nitrogens is 2. The zero-order chi connectivity index (χ0) is 24.4. The summed E-state index contributed by atoms with van der Waals surface area (Å²) in [6, 6.07) is 19.1. The van der Waals surface area contributed by atoms with Gasteiger partial charge in [0.1, 0.15) is 24.0 Å². The van der Waals surface area contributed by atoms with Crippen LogP contribution in [0.15, 0.2) is 71.9 Å². The van der Waals surface area contributed by atoms with E-state index in [1.54, 1.807) is 42.5 Å². The highest BCUT2D eigenvalue weighted by Gasteiger charge is 2.24. The monoisotopic (exact) mass is 484 g/mol. The molecule has 2 aromatic heterocycles. The molecular weight excluding hydrogens is 464 g/mol. The highest BCUT2D eigenvalue weighted by molar-refractivity contribution is 7.90. The number of rotatable bonds is 5. The van der Waals surface area contributed by atoms with E-state index in [-0.39, 0.29) is 16.6 Å². The second-order valence-corrected chi connectivity index (χ2v) is 9.93. The first kappa shape index (κ1) is 22.6. The predicted molar refractivity (Wildman–Crippen MR) is 128 cm³/mol. The summed E-state index contributed by atoms with van der Waals surface area (Å²) in [6.07, 6.45) is 4.30. The molecule has 0 amide bonds. The molecule has 0 N–H and O–H groups in total. The van der Waals surface area contributed by atoms with E-state index >= 15 is 0 Å². The Bertz CT molecular complexity index is 1590. The zero-order valence-corrected chi connectivity index (χ0v) is 19.4. The molecule has 174 valence electrons. The van der Waals surface area contributed by atoms with E-state index in [0.717, 1.165) is 16.8 Å². The van der Waals surface area contributed by atoms with E-state index in [1.807, 2.05) is 0 Å². The van der Waals surface area contributed by atoms with Crippen molar-refractivity contribution in [2.75, 3.05) is 13.2 Å². The van der Waals surface area contributed by atoms with Gasteiger partial charge >= 0.3 is 0 Å². The molecule has 0 atom stereocenters. The van der Waals surface area contributed by atoms with Gasteiger partial charge in [-0.05, 0) is 35.9 Å². The van der Waals surface area contributed by atoms with Gasteiger partial charge in [-0.1, -0.05) is 24.3 Å². The van der Waals surface area contributed by atoms with Gasteiger partial charge in [-0.25, -0.2) is 17.4 Å². The SMILES string of the molecule is N#Cc1cnc2c(c1)c(-c1ccc(OC3CCOCC3)c(C#N)c1)cn2S(=O)(=O)c1ccccc1. The van der Waals surface area contributed by atoms with E-state index in [1.165, 1.54) is 24.5 Å². The van der Waals surface area contributed by atoms with Gasteiger partial charge in [-0.3, -0.25) is 0 Å². The fourth-order valence-electron chi connectivity index (χ4n) is 4.12. The average molecular weight is 485 g/mol. The Morgan fingerprint density at radius 3 is 2.51 bits per heavy atom. The molecule has 8 nitrogen and oxygen atoms in total. The van der Waals surface area contributed by atoms with E-state index < -0.39 is 10.0 Å². The Labute approximate surface area is 202 Å². The number of benzene rings is 2. The molecule has 0 bridgehead atoms. The van der Waals surface area contributed by atoms with Crippen molar-refractivity contribution in [2.24, 2.45) is 0 Å². The number of nitriles is 2. The Balaban J connectivity index is 1.64. The maximum atomic E-state index is 13.4. The molecule has 1 fully saturated rings. The van der Waals surface area contributed by atoms with Crippen LogP contribution in [0.25, 0.3) is 22.2 Å². The Morgan fingerprint density at radius 2 is 1.80 bits per heavy atom. The van der Waals surface area contributed by atoms with Crippen LogP contribution in [-0.2, 0) is 14.8 Å². The van der Waals surface area contributed by atoms with Gasteiger partial charge in [0.25, 0.3) is 10.0 Å². The van der Waals surface area contributed by atoms with Crippen LogP contribution >= 0.6 is 0 Å². The number of ether oxygens (including phenoxy) is 2. The first-order valence-electron chi connectivity index (χ1n) is 11.0. The van der Waals surface area contributed by atoms with Gasteiger partial charge in [0.15, 0.2) is 5.65 Å². The smallest absolute Gasteiger partial charge is 0.269 e. The predicted octanol–water partition coefficient (Wildman–Crippen LogP) is 4.24. The van der Waals surface area contributed by atoms with Gasteiger partial charge in [0.05, 0.1) is 29.2 Å². The average Bonchev–Trinajstić information content (AvgIpc) is 3.29. The fourth-order valence-corrected chi connectivity index (χ4v) is 5.47. The van der Waals surface area contributed by atoms with Gasteiger partial charge in [0.2, 0.25) is 0 Å². The van der Waals surface area contributed by atoms with Crippen molar-refractivity contribution in [3.8, 4) is 29.0 Å². The molecule has 0 radical (unpaired) electrons. The van der Waals surface area contributed by atoms with Crippen molar-refractivity contribution >= 4 is 21.1 Å².